The number of fused-ring (bicyclic) bond motifs is 2. The van der Waals surface area contributed by atoms with Gasteiger partial charge >= 0.3 is 0 Å². The Labute approximate surface area is 191 Å². The summed E-state index contributed by atoms with van der Waals surface area (Å²) >= 11 is 0. The van der Waals surface area contributed by atoms with E-state index < -0.39 is 20.2 Å². The van der Waals surface area contributed by atoms with Crippen molar-refractivity contribution in [3.05, 3.63) is 96.8 Å². The Morgan fingerprint density at radius 3 is 1.36 bits per heavy atom. The topological polar surface area (TPSA) is 140 Å². The molecule has 0 fully saturated rings. The Kier molecular flexibility index (Phi) is 7.34. The lowest BCUT2D eigenvalue weighted by Crippen LogP contribution is -1.96. The molecule has 0 saturated heterocycles. The number of H-pyrrole nitrogens is 2. The Bertz CT molecular complexity index is 1470. The first-order chi connectivity index (χ1) is 15.5. The van der Waals surface area contributed by atoms with Crippen LogP contribution >= 0.6 is 0 Å². The van der Waals surface area contributed by atoms with Crippen LogP contribution in [0.2, 0.25) is 0 Å². The smallest absolute Gasteiger partial charge is 0.294 e. The second-order valence-electron chi connectivity index (χ2n) is 7.06. The molecular weight excluding hydrogens is 464 g/mol. The largest absolute Gasteiger partial charge is 0.361 e. The van der Waals surface area contributed by atoms with Crippen LogP contribution in [0.1, 0.15) is 5.56 Å². The lowest BCUT2D eigenvalue weighted by Gasteiger charge is -1.95. The second kappa shape index (κ2) is 10.0. The molecule has 0 spiro atoms. The van der Waals surface area contributed by atoms with E-state index in [1.54, 1.807) is 36.7 Å². The van der Waals surface area contributed by atoms with Crippen LogP contribution in [0, 0.1) is 6.92 Å². The molecule has 2 heterocycles. The van der Waals surface area contributed by atoms with Crippen molar-refractivity contribution in [3.8, 4) is 0 Å². The summed E-state index contributed by atoms with van der Waals surface area (Å²) in [6.07, 6.45) is 3.41. The van der Waals surface area contributed by atoms with Gasteiger partial charge in [0.05, 0.1) is 9.79 Å². The van der Waals surface area contributed by atoms with Gasteiger partial charge in [0.15, 0.2) is 0 Å². The molecule has 0 radical (unpaired) electrons. The number of hydrogen-bond acceptors (Lipinski definition) is 4. The molecule has 5 aromatic rings. The zero-order valence-electron chi connectivity index (χ0n) is 17.5. The first kappa shape index (κ1) is 24.2. The van der Waals surface area contributed by atoms with Gasteiger partial charge in [0.25, 0.3) is 20.2 Å². The molecule has 3 aromatic carbocycles. The van der Waals surface area contributed by atoms with Crippen LogP contribution in [-0.2, 0) is 20.2 Å². The highest BCUT2D eigenvalue weighted by molar-refractivity contribution is 7.86. The maximum Gasteiger partial charge on any atom is 0.294 e. The molecule has 5 rings (SSSR count). The number of rotatable bonds is 2. The predicted molar refractivity (Wildman–Crippen MR) is 127 cm³/mol. The minimum Gasteiger partial charge on any atom is -0.361 e. The molecule has 8 nitrogen and oxygen atoms in total. The van der Waals surface area contributed by atoms with E-state index in [9.17, 15) is 16.8 Å². The standard InChI is InChI=1S/2C8H7NO3S.C7H8/c2*10-13(11,12)7-1-2-8-6(5-7)3-4-9-8;1-7-5-3-2-4-6-7/h2*1-5,9H,(H,10,11,12);2-6H,1H3. The van der Waals surface area contributed by atoms with Crippen molar-refractivity contribution in [2.75, 3.05) is 0 Å². The highest BCUT2D eigenvalue weighted by Crippen LogP contribution is 2.18. The molecule has 2 aromatic heterocycles. The molecule has 0 bridgehead atoms. The Hall–Kier alpha value is -3.44. The van der Waals surface area contributed by atoms with Crippen molar-refractivity contribution >= 4 is 42.0 Å². The van der Waals surface area contributed by atoms with Crippen molar-refractivity contribution < 1.29 is 25.9 Å². The van der Waals surface area contributed by atoms with Gasteiger partial charge in [0.1, 0.15) is 0 Å². The van der Waals surface area contributed by atoms with Crippen LogP contribution in [-0.4, -0.2) is 35.9 Å². The number of aromatic amines is 2. The van der Waals surface area contributed by atoms with Crippen LogP contribution < -0.4 is 0 Å². The fourth-order valence-corrected chi connectivity index (χ4v) is 3.95. The first-order valence-electron chi connectivity index (χ1n) is 9.65. The average molecular weight is 487 g/mol. The van der Waals surface area contributed by atoms with Crippen LogP contribution in [0.15, 0.2) is 101 Å². The highest BCUT2D eigenvalue weighted by atomic mass is 32.2. The van der Waals surface area contributed by atoms with Gasteiger partial charge in [-0.25, -0.2) is 0 Å². The summed E-state index contributed by atoms with van der Waals surface area (Å²) in [6, 6.07) is 22.5. The van der Waals surface area contributed by atoms with E-state index >= 15 is 0 Å². The SMILES string of the molecule is Cc1ccccc1.O=S(=O)(O)c1ccc2[nH]ccc2c1.O=S(=O)(O)c1ccc2[nH]ccc2c1. The molecule has 0 aliphatic carbocycles. The highest BCUT2D eigenvalue weighted by Gasteiger charge is 2.10. The molecule has 0 amide bonds. The molecule has 0 saturated carbocycles. The Morgan fingerprint density at radius 2 is 1.03 bits per heavy atom. The predicted octanol–water partition coefficient (Wildman–Crippen LogP) is 4.82. The van der Waals surface area contributed by atoms with Gasteiger partial charge in [-0.2, -0.15) is 16.8 Å². The van der Waals surface area contributed by atoms with E-state index in [4.69, 9.17) is 9.11 Å². The lowest BCUT2D eigenvalue weighted by atomic mass is 10.2. The molecule has 4 N–H and O–H groups in total. The molecule has 10 heteroatoms. The van der Waals surface area contributed by atoms with E-state index in [1.807, 2.05) is 18.2 Å². The summed E-state index contributed by atoms with van der Waals surface area (Å²) in [7, 11) is -8.17. The third kappa shape index (κ3) is 6.77. The zero-order chi connectivity index (χ0) is 24.1. The van der Waals surface area contributed by atoms with Gasteiger partial charge in [0, 0.05) is 34.2 Å². The number of aromatic nitrogens is 2. The third-order valence-electron chi connectivity index (χ3n) is 4.59. The summed E-state index contributed by atoms with van der Waals surface area (Å²) in [6.45, 7) is 2.08. The Balaban J connectivity index is 0.000000146. The van der Waals surface area contributed by atoms with Crippen molar-refractivity contribution in [1.82, 2.24) is 9.97 Å². The fraction of sp³-hybridized carbons (Fsp3) is 0.0435. The summed E-state index contributed by atoms with van der Waals surface area (Å²) in [5.74, 6) is 0. The minimum atomic E-state index is -4.09. The summed E-state index contributed by atoms with van der Waals surface area (Å²) in [5.41, 5.74) is 3.00. The van der Waals surface area contributed by atoms with Gasteiger partial charge in [-0.1, -0.05) is 35.9 Å². The van der Waals surface area contributed by atoms with Gasteiger partial charge in [-0.05, 0) is 55.5 Å². The van der Waals surface area contributed by atoms with Crippen molar-refractivity contribution in [1.29, 1.82) is 0 Å². The van der Waals surface area contributed by atoms with E-state index in [0.29, 0.717) is 0 Å². The van der Waals surface area contributed by atoms with E-state index in [0.717, 1.165) is 21.8 Å². The van der Waals surface area contributed by atoms with Gasteiger partial charge in [0.2, 0.25) is 0 Å². The monoisotopic (exact) mass is 486 g/mol. The number of aryl methyl sites for hydroxylation is 1. The third-order valence-corrected chi connectivity index (χ3v) is 6.28. The molecular formula is C23H22N2O6S2. The molecule has 0 atom stereocenters. The zero-order valence-corrected chi connectivity index (χ0v) is 19.1. The van der Waals surface area contributed by atoms with E-state index in [-0.39, 0.29) is 9.79 Å². The van der Waals surface area contributed by atoms with E-state index in [1.165, 1.54) is 29.8 Å². The summed E-state index contributed by atoms with van der Waals surface area (Å²) < 4.78 is 60.5. The van der Waals surface area contributed by atoms with Crippen LogP contribution in [0.25, 0.3) is 21.8 Å². The average Bonchev–Trinajstić information content (AvgIpc) is 3.42. The van der Waals surface area contributed by atoms with E-state index in [2.05, 4.69) is 29.0 Å². The number of nitrogens with one attached hydrogen (secondary N) is 2. The van der Waals surface area contributed by atoms with Crippen molar-refractivity contribution in [2.45, 2.75) is 16.7 Å². The summed E-state index contributed by atoms with van der Waals surface area (Å²) in [4.78, 5) is 5.68. The second-order valence-corrected chi connectivity index (χ2v) is 9.90. The Morgan fingerprint density at radius 1 is 0.606 bits per heavy atom. The first-order valence-corrected chi connectivity index (χ1v) is 12.5. The normalized spacial score (nSPS) is 11.4. The number of hydrogen-bond donors (Lipinski definition) is 4. The van der Waals surface area contributed by atoms with Crippen LogP contribution in [0.4, 0.5) is 0 Å². The molecule has 33 heavy (non-hydrogen) atoms. The maximum atomic E-state index is 10.7. The van der Waals surface area contributed by atoms with Crippen LogP contribution in [0.3, 0.4) is 0 Å². The van der Waals surface area contributed by atoms with Crippen molar-refractivity contribution in [2.24, 2.45) is 0 Å². The minimum absolute atomic E-state index is 0.0837. The fourth-order valence-electron chi connectivity index (χ4n) is 2.92. The summed E-state index contributed by atoms with van der Waals surface area (Å²) in [5, 5.41) is 1.52. The van der Waals surface area contributed by atoms with Gasteiger partial charge < -0.3 is 9.97 Å². The molecule has 172 valence electrons. The van der Waals surface area contributed by atoms with Gasteiger partial charge in [-0.15, -0.1) is 0 Å². The van der Waals surface area contributed by atoms with Crippen molar-refractivity contribution in [3.63, 3.8) is 0 Å². The maximum absolute atomic E-state index is 10.7. The molecule has 0 aliphatic rings. The van der Waals surface area contributed by atoms with Gasteiger partial charge in [-0.3, -0.25) is 9.11 Å². The quantitative estimate of drug-likeness (QED) is 0.264. The lowest BCUT2D eigenvalue weighted by molar-refractivity contribution is 0.481. The molecule has 0 unspecified atom stereocenters. The van der Waals surface area contributed by atoms with Crippen LogP contribution in [0.5, 0.6) is 0 Å². The molecule has 0 aliphatic heterocycles. The number of benzene rings is 3.